The van der Waals surface area contributed by atoms with Gasteiger partial charge < -0.3 is 5.32 Å². The fraction of sp³-hybridized carbons (Fsp3) is 0.600. The summed E-state index contributed by atoms with van der Waals surface area (Å²) in [7, 11) is 0. The molecule has 2 nitrogen and oxygen atoms in total. The van der Waals surface area contributed by atoms with Crippen molar-refractivity contribution in [3.63, 3.8) is 0 Å². The number of hydrogen-bond acceptors (Lipinski definition) is 2. The molecule has 0 radical (unpaired) electrons. The number of nitrogens with zero attached hydrogens (tertiary/aromatic N) is 1. The molecule has 1 atom stereocenters. The molecule has 0 aromatic heterocycles. The molecule has 0 unspecified atom stereocenters. The molecule has 1 fully saturated rings. The summed E-state index contributed by atoms with van der Waals surface area (Å²) in [5, 5.41) is 3.37. The number of piperazine rings is 1. The average Bonchev–Trinajstić information content (AvgIpc) is 2.27. The van der Waals surface area contributed by atoms with E-state index in [2.05, 4.69) is 46.9 Å². The molecule has 1 saturated heterocycles. The number of halogens is 4. The highest BCUT2D eigenvalue weighted by Crippen LogP contribution is 2.39. The van der Waals surface area contributed by atoms with Crippen molar-refractivity contribution in [2.75, 3.05) is 26.2 Å². The van der Waals surface area contributed by atoms with Gasteiger partial charge in [-0.05, 0) is 29.2 Å². The smallest absolute Gasteiger partial charge is 0.124 e. The average molecular weight is 402 g/mol. The van der Waals surface area contributed by atoms with Crippen molar-refractivity contribution >= 4 is 40.7 Å². The monoisotopic (exact) mass is 400 g/mol. The second kappa shape index (κ2) is 8.68. The molecular weight excluding hydrogens is 378 g/mol. The van der Waals surface area contributed by atoms with E-state index in [1.54, 1.807) is 6.07 Å². The first kappa shape index (κ1) is 21.1. The highest BCUT2D eigenvalue weighted by Gasteiger charge is 2.32. The molecule has 1 aromatic rings. The van der Waals surface area contributed by atoms with Crippen molar-refractivity contribution in [1.29, 1.82) is 0 Å². The minimum atomic E-state index is -0.172. The number of benzene rings is 1. The van der Waals surface area contributed by atoms with E-state index in [-0.39, 0.29) is 42.1 Å². The zero-order valence-electron chi connectivity index (χ0n) is 12.7. The minimum absolute atomic E-state index is 0. The van der Waals surface area contributed by atoms with Crippen LogP contribution in [0.15, 0.2) is 22.7 Å². The third kappa shape index (κ3) is 5.68. The van der Waals surface area contributed by atoms with Crippen LogP contribution in [0.1, 0.15) is 32.4 Å². The Bertz CT molecular complexity index is 426. The molecule has 0 amide bonds. The lowest BCUT2D eigenvalue weighted by molar-refractivity contribution is 0.0860. The summed E-state index contributed by atoms with van der Waals surface area (Å²) in [6, 6.07) is 5.46. The Labute approximate surface area is 147 Å². The second-order valence-electron chi connectivity index (χ2n) is 6.26. The van der Waals surface area contributed by atoms with Crippen molar-refractivity contribution < 1.29 is 4.39 Å². The Kier molecular flexibility index (Phi) is 8.74. The van der Waals surface area contributed by atoms with Gasteiger partial charge in [0.15, 0.2) is 0 Å². The largest absolute Gasteiger partial charge is 0.314 e. The van der Waals surface area contributed by atoms with Crippen LogP contribution >= 0.6 is 40.7 Å². The molecule has 1 aliphatic heterocycles. The van der Waals surface area contributed by atoms with Gasteiger partial charge in [0.25, 0.3) is 0 Å². The maximum atomic E-state index is 13.7. The highest BCUT2D eigenvalue weighted by molar-refractivity contribution is 9.10. The molecule has 122 valence electrons. The van der Waals surface area contributed by atoms with E-state index in [1.165, 1.54) is 6.07 Å². The molecular formula is C15H24BrCl2FN2. The van der Waals surface area contributed by atoms with Crippen molar-refractivity contribution in [1.82, 2.24) is 10.2 Å². The topological polar surface area (TPSA) is 15.3 Å². The maximum absolute atomic E-state index is 13.7. The van der Waals surface area contributed by atoms with Crippen LogP contribution in [0.3, 0.4) is 0 Å². The highest BCUT2D eigenvalue weighted by atomic mass is 79.9. The standard InChI is InChI=1S/C15H22BrFN2.2ClH/c1-15(2,3)14(19-6-4-18-5-7-19)11-8-12(16)10-13(17)9-11;;/h8-10,14,18H,4-7H2,1-3H3;2*1H/t14-;;/m1../s1. The van der Waals surface area contributed by atoms with Crippen LogP contribution in [0.5, 0.6) is 0 Å². The molecule has 1 aromatic carbocycles. The van der Waals surface area contributed by atoms with Crippen LogP contribution in [-0.4, -0.2) is 31.1 Å². The molecule has 1 aliphatic rings. The summed E-state index contributed by atoms with van der Waals surface area (Å²) in [5.41, 5.74) is 1.13. The Morgan fingerprint density at radius 3 is 2.19 bits per heavy atom. The van der Waals surface area contributed by atoms with Gasteiger partial charge in [0.1, 0.15) is 5.82 Å². The predicted molar refractivity (Wildman–Crippen MR) is 95.2 cm³/mol. The van der Waals surface area contributed by atoms with Gasteiger partial charge in [-0.1, -0.05) is 36.7 Å². The van der Waals surface area contributed by atoms with Crippen LogP contribution in [0.2, 0.25) is 0 Å². The lowest BCUT2D eigenvalue weighted by Gasteiger charge is -2.42. The number of hydrogen-bond donors (Lipinski definition) is 1. The van der Waals surface area contributed by atoms with Gasteiger partial charge in [0.05, 0.1) is 0 Å². The third-order valence-electron chi connectivity index (χ3n) is 3.54. The summed E-state index contributed by atoms with van der Waals surface area (Å²) >= 11 is 3.40. The zero-order valence-corrected chi connectivity index (χ0v) is 15.9. The first-order valence-corrected chi connectivity index (χ1v) is 7.58. The van der Waals surface area contributed by atoms with E-state index in [9.17, 15) is 4.39 Å². The summed E-state index contributed by atoms with van der Waals surface area (Å²) in [4.78, 5) is 2.46. The Morgan fingerprint density at radius 2 is 1.71 bits per heavy atom. The first-order valence-electron chi connectivity index (χ1n) is 6.79. The number of rotatable bonds is 2. The molecule has 21 heavy (non-hydrogen) atoms. The molecule has 0 saturated carbocycles. The predicted octanol–water partition coefficient (Wildman–Crippen LogP) is 4.42. The quantitative estimate of drug-likeness (QED) is 0.788. The van der Waals surface area contributed by atoms with Crippen LogP contribution in [0.25, 0.3) is 0 Å². The van der Waals surface area contributed by atoms with E-state index in [0.29, 0.717) is 0 Å². The van der Waals surface area contributed by atoms with Gasteiger partial charge in [-0.3, -0.25) is 4.90 Å². The molecule has 1 N–H and O–H groups in total. The third-order valence-corrected chi connectivity index (χ3v) is 4.00. The van der Waals surface area contributed by atoms with Gasteiger partial charge in [-0.25, -0.2) is 4.39 Å². The lowest BCUT2D eigenvalue weighted by Crippen LogP contribution is -2.48. The van der Waals surface area contributed by atoms with Crippen LogP contribution in [0, 0.1) is 11.2 Å². The van der Waals surface area contributed by atoms with Crippen LogP contribution in [0.4, 0.5) is 4.39 Å². The van der Waals surface area contributed by atoms with Crippen LogP contribution < -0.4 is 5.32 Å². The second-order valence-corrected chi connectivity index (χ2v) is 7.17. The van der Waals surface area contributed by atoms with Crippen molar-refractivity contribution in [3.8, 4) is 0 Å². The molecule has 2 rings (SSSR count). The summed E-state index contributed by atoms with van der Waals surface area (Å²) in [6.45, 7) is 10.7. The fourth-order valence-corrected chi connectivity index (χ4v) is 3.41. The normalized spacial score (nSPS) is 17.6. The van der Waals surface area contributed by atoms with Gasteiger partial charge >= 0.3 is 0 Å². The summed E-state index contributed by atoms with van der Waals surface area (Å²) in [5.74, 6) is -0.172. The first-order chi connectivity index (χ1) is 8.88. The minimum Gasteiger partial charge on any atom is -0.314 e. The Morgan fingerprint density at radius 1 is 1.14 bits per heavy atom. The zero-order chi connectivity index (χ0) is 14.0. The van der Waals surface area contributed by atoms with E-state index in [4.69, 9.17) is 0 Å². The molecule has 0 bridgehead atoms. The van der Waals surface area contributed by atoms with E-state index in [0.717, 1.165) is 36.2 Å². The van der Waals surface area contributed by atoms with Crippen molar-refractivity contribution in [3.05, 3.63) is 34.1 Å². The van der Waals surface area contributed by atoms with Crippen molar-refractivity contribution in [2.24, 2.45) is 5.41 Å². The molecule has 6 heteroatoms. The SMILES string of the molecule is CC(C)(C)[C@@H](c1cc(F)cc(Br)c1)N1CCNCC1.Cl.Cl. The Hall–Kier alpha value is 0.130. The van der Waals surface area contributed by atoms with E-state index in [1.807, 2.05) is 6.07 Å². The summed E-state index contributed by atoms with van der Waals surface area (Å²) in [6.07, 6.45) is 0. The summed E-state index contributed by atoms with van der Waals surface area (Å²) < 4.78 is 14.5. The van der Waals surface area contributed by atoms with Gasteiger partial charge in [-0.2, -0.15) is 0 Å². The lowest BCUT2D eigenvalue weighted by atomic mass is 9.81. The molecule has 1 heterocycles. The Balaban J connectivity index is 0.00000200. The van der Waals surface area contributed by atoms with E-state index < -0.39 is 0 Å². The van der Waals surface area contributed by atoms with Gasteiger partial charge in [-0.15, -0.1) is 24.8 Å². The fourth-order valence-electron chi connectivity index (χ4n) is 2.93. The van der Waals surface area contributed by atoms with Gasteiger partial charge in [0, 0.05) is 36.7 Å². The van der Waals surface area contributed by atoms with E-state index >= 15 is 0 Å². The molecule has 0 spiro atoms. The van der Waals surface area contributed by atoms with Gasteiger partial charge in [0.2, 0.25) is 0 Å². The van der Waals surface area contributed by atoms with Crippen molar-refractivity contribution in [2.45, 2.75) is 26.8 Å². The maximum Gasteiger partial charge on any atom is 0.124 e. The van der Waals surface area contributed by atoms with Crippen LogP contribution in [-0.2, 0) is 0 Å². The number of nitrogens with one attached hydrogen (secondary N) is 1. The molecule has 0 aliphatic carbocycles.